The number of carbonyl (C=O) groups is 1. The molecule has 0 aliphatic carbocycles. The van der Waals surface area contributed by atoms with Crippen molar-refractivity contribution < 1.29 is 14.3 Å². The molecule has 5 nitrogen and oxygen atoms in total. The van der Waals surface area contributed by atoms with Crippen molar-refractivity contribution in [3.8, 4) is 5.75 Å². The molecule has 1 saturated heterocycles. The molecule has 3 unspecified atom stereocenters. The van der Waals surface area contributed by atoms with Crippen molar-refractivity contribution in [2.24, 2.45) is 5.92 Å². The van der Waals surface area contributed by atoms with Crippen molar-refractivity contribution >= 4 is 23.3 Å². The Balaban J connectivity index is 2.04. The van der Waals surface area contributed by atoms with Gasteiger partial charge in [0, 0.05) is 5.56 Å². The van der Waals surface area contributed by atoms with Crippen LogP contribution in [0.15, 0.2) is 24.3 Å². The van der Waals surface area contributed by atoms with Gasteiger partial charge in [-0.15, -0.1) is 0 Å². The highest BCUT2D eigenvalue weighted by Crippen LogP contribution is 2.45. The van der Waals surface area contributed by atoms with Crippen LogP contribution in [0, 0.1) is 5.92 Å². The third-order valence-electron chi connectivity index (χ3n) is 3.81. The van der Waals surface area contributed by atoms with Crippen LogP contribution in [0.1, 0.15) is 39.3 Å². The van der Waals surface area contributed by atoms with E-state index >= 15 is 0 Å². The second-order valence-electron chi connectivity index (χ2n) is 6.83. The minimum atomic E-state index is -0.927. The quantitative estimate of drug-likeness (QED) is 0.611. The van der Waals surface area contributed by atoms with Gasteiger partial charge in [-0.05, 0) is 46.0 Å². The molecule has 22 heavy (non-hydrogen) atoms. The molecule has 1 aromatic rings. The summed E-state index contributed by atoms with van der Waals surface area (Å²) in [5.41, 5.74) is -0.567. The molecule has 3 atom stereocenters. The first-order chi connectivity index (χ1) is 10.2. The number of esters is 1. The second-order valence-corrected chi connectivity index (χ2v) is 7.24. The maximum absolute atomic E-state index is 12.7. The van der Waals surface area contributed by atoms with Gasteiger partial charge in [-0.25, -0.2) is 0 Å². The zero-order chi connectivity index (χ0) is 16.1. The molecule has 2 N–H and O–H groups in total. The average Bonchev–Trinajstić information content (AvgIpc) is 2.34. The Morgan fingerprint density at radius 1 is 1.36 bits per heavy atom. The van der Waals surface area contributed by atoms with Crippen LogP contribution >= 0.6 is 12.2 Å². The molecule has 1 aromatic carbocycles. The predicted molar refractivity (Wildman–Crippen MR) is 86.4 cm³/mol. The van der Waals surface area contributed by atoms with Crippen molar-refractivity contribution in [3.63, 3.8) is 0 Å². The standard InChI is InChI=1S/C16H20N2O3S/c1-15(2,3)21-13(19)11-12-9-7-5-6-8-10(9)20-16(11,4)18-14(22)17-12/h5-8,11-12H,1-4H3,(H2,17,18,22). The largest absolute Gasteiger partial charge is 0.467 e. The lowest BCUT2D eigenvalue weighted by Gasteiger charge is -2.50. The molecular formula is C16H20N2O3S. The minimum absolute atomic E-state index is 0.265. The summed E-state index contributed by atoms with van der Waals surface area (Å²) in [5.74, 6) is -0.0948. The van der Waals surface area contributed by atoms with E-state index in [-0.39, 0.29) is 12.0 Å². The van der Waals surface area contributed by atoms with Gasteiger partial charge in [-0.1, -0.05) is 18.2 Å². The van der Waals surface area contributed by atoms with Crippen molar-refractivity contribution in [1.29, 1.82) is 0 Å². The summed E-state index contributed by atoms with van der Waals surface area (Å²) in [7, 11) is 0. The van der Waals surface area contributed by atoms with Crippen molar-refractivity contribution in [1.82, 2.24) is 10.6 Å². The van der Waals surface area contributed by atoms with Gasteiger partial charge in [0.25, 0.3) is 0 Å². The molecule has 3 rings (SSSR count). The van der Waals surface area contributed by atoms with E-state index in [0.29, 0.717) is 5.11 Å². The van der Waals surface area contributed by atoms with Crippen LogP contribution in [0.25, 0.3) is 0 Å². The summed E-state index contributed by atoms with van der Waals surface area (Å²) < 4.78 is 11.7. The van der Waals surface area contributed by atoms with Crippen LogP contribution in [0.5, 0.6) is 5.75 Å². The Hall–Kier alpha value is -1.82. The van der Waals surface area contributed by atoms with Crippen LogP contribution in [-0.4, -0.2) is 22.4 Å². The van der Waals surface area contributed by atoms with E-state index in [9.17, 15) is 4.79 Å². The zero-order valence-corrected chi connectivity index (χ0v) is 13.9. The van der Waals surface area contributed by atoms with Gasteiger partial charge in [0.1, 0.15) is 17.3 Å². The SMILES string of the molecule is CC(C)(C)OC(=O)C1C2NC(=S)NC1(C)Oc1ccccc12. The Bertz CT molecular complexity index is 641. The molecule has 6 heteroatoms. The van der Waals surface area contributed by atoms with Crippen LogP contribution in [0.2, 0.25) is 0 Å². The molecule has 0 radical (unpaired) electrons. The summed E-state index contributed by atoms with van der Waals surface area (Å²) in [6.45, 7) is 7.39. The normalized spacial score (nSPS) is 29.5. The number of nitrogens with one attached hydrogen (secondary N) is 2. The maximum atomic E-state index is 12.7. The second kappa shape index (κ2) is 4.84. The summed E-state index contributed by atoms with van der Waals surface area (Å²) in [4.78, 5) is 12.7. The fourth-order valence-electron chi connectivity index (χ4n) is 3.01. The van der Waals surface area contributed by atoms with Crippen LogP contribution in [-0.2, 0) is 9.53 Å². The van der Waals surface area contributed by atoms with Gasteiger partial charge in [0.15, 0.2) is 10.8 Å². The topological polar surface area (TPSA) is 59.6 Å². The molecule has 2 heterocycles. The molecular weight excluding hydrogens is 300 g/mol. The Morgan fingerprint density at radius 3 is 2.73 bits per heavy atom. The van der Waals surface area contributed by atoms with Crippen molar-refractivity contribution in [2.75, 3.05) is 0 Å². The third-order valence-corrected chi connectivity index (χ3v) is 4.03. The van der Waals surface area contributed by atoms with E-state index in [4.69, 9.17) is 21.7 Å². The molecule has 0 spiro atoms. The van der Waals surface area contributed by atoms with E-state index in [1.54, 1.807) is 0 Å². The summed E-state index contributed by atoms with van der Waals surface area (Å²) >= 11 is 5.26. The van der Waals surface area contributed by atoms with Crippen LogP contribution < -0.4 is 15.4 Å². The number of carbonyl (C=O) groups excluding carboxylic acids is 1. The monoisotopic (exact) mass is 320 g/mol. The molecule has 0 aromatic heterocycles. The number of thiocarbonyl (C=S) groups is 1. The van der Waals surface area contributed by atoms with E-state index in [0.717, 1.165) is 11.3 Å². The Morgan fingerprint density at radius 2 is 2.05 bits per heavy atom. The fraction of sp³-hybridized carbons (Fsp3) is 0.500. The number of fused-ring (bicyclic) bond motifs is 4. The highest BCUT2D eigenvalue weighted by molar-refractivity contribution is 7.80. The van der Waals surface area contributed by atoms with Gasteiger partial charge in [-0.2, -0.15) is 0 Å². The molecule has 1 fully saturated rings. The number of hydrogen-bond acceptors (Lipinski definition) is 4. The molecule has 2 aliphatic heterocycles. The van der Waals surface area contributed by atoms with E-state index in [1.165, 1.54) is 0 Å². The van der Waals surface area contributed by atoms with Crippen LogP contribution in [0.3, 0.4) is 0 Å². The average molecular weight is 320 g/mol. The summed E-state index contributed by atoms with van der Waals surface area (Å²) in [6.07, 6.45) is 0. The fourth-order valence-corrected chi connectivity index (χ4v) is 3.34. The van der Waals surface area contributed by atoms with Crippen molar-refractivity contribution in [2.45, 2.75) is 45.1 Å². The first kappa shape index (κ1) is 15.1. The molecule has 0 amide bonds. The van der Waals surface area contributed by atoms with E-state index < -0.39 is 17.2 Å². The van der Waals surface area contributed by atoms with Crippen LogP contribution in [0.4, 0.5) is 0 Å². The number of ether oxygens (including phenoxy) is 2. The van der Waals surface area contributed by atoms with Gasteiger partial charge in [-0.3, -0.25) is 4.79 Å². The molecule has 2 aliphatic rings. The van der Waals surface area contributed by atoms with Crippen molar-refractivity contribution in [3.05, 3.63) is 29.8 Å². The maximum Gasteiger partial charge on any atom is 0.318 e. The van der Waals surface area contributed by atoms with Gasteiger partial charge in [0.2, 0.25) is 0 Å². The number of rotatable bonds is 1. The van der Waals surface area contributed by atoms with Gasteiger partial charge in [0.05, 0.1) is 6.04 Å². The van der Waals surface area contributed by atoms with E-state index in [1.807, 2.05) is 52.0 Å². The smallest absolute Gasteiger partial charge is 0.318 e. The molecule has 0 saturated carbocycles. The molecule has 118 valence electrons. The van der Waals surface area contributed by atoms with E-state index in [2.05, 4.69) is 10.6 Å². The lowest BCUT2D eigenvalue weighted by molar-refractivity contribution is -0.173. The first-order valence-electron chi connectivity index (χ1n) is 7.29. The number of hydrogen-bond donors (Lipinski definition) is 2. The number of benzene rings is 1. The minimum Gasteiger partial charge on any atom is -0.467 e. The van der Waals surface area contributed by atoms with Gasteiger partial charge < -0.3 is 20.1 Å². The number of para-hydroxylation sites is 1. The lowest BCUT2D eigenvalue weighted by Crippen LogP contribution is -2.70. The summed E-state index contributed by atoms with van der Waals surface area (Å²) in [5, 5.41) is 6.74. The third kappa shape index (κ3) is 2.52. The predicted octanol–water partition coefficient (Wildman–Crippen LogP) is 2.27. The Kier molecular flexibility index (Phi) is 3.32. The zero-order valence-electron chi connectivity index (χ0n) is 13.1. The molecule has 2 bridgehead atoms. The summed E-state index contributed by atoms with van der Waals surface area (Å²) in [6, 6.07) is 7.40. The highest BCUT2D eigenvalue weighted by Gasteiger charge is 2.55. The Labute approximate surface area is 135 Å². The highest BCUT2D eigenvalue weighted by atomic mass is 32.1. The first-order valence-corrected chi connectivity index (χ1v) is 7.70. The lowest BCUT2D eigenvalue weighted by atomic mass is 9.80. The van der Waals surface area contributed by atoms with Gasteiger partial charge >= 0.3 is 5.97 Å².